The lowest BCUT2D eigenvalue weighted by atomic mass is 10.2. The minimum absolute atomic E-state index is 0.0453. The first-order valence-corrected chi connectivity index (χ1v) is 10.8. The predicted octanol–water partition coefficient (Wildman–Crippen LogP) is 4.20. The molecule has 2 aromatic carbocycles. The lowest BCUT2D eigenvalue weighted by Crippen LogP contribution is -2.15. The summed E-state index contributed by atoms with van der Waals surface area (Å²) in [4.78, 5) is 20.3. The number of anilines is 2. The van der Waals surface area contributed by atoms with Crippen LogP contribution in [0.15, 0.2) is 65.6 Å². The highest BCUT2D eigenvalue weighted by molar-refractivity contribution is 7.92. The molecule has 1 amide bonds. The van der Waals surface area contributed by atoms with E-state index in [1.807, 2.05) is 6.07 Å². The molecule has 30 heavy (non-hydrogen) atoms. The van der Waals surface area contributed by atoms with Gasteiger partial charge in [0.05, 0.1) is 4.90 Å². The lowest BCUT2D eigenvalue weighted by molar-refractivity contribution is -0.111. The zero-order valence-electron chi connectivity index (χ0n) is 16.3. The van der Waals surface area contributed by atoms with Crippen molar-refractivity contribution < 1.29 is 13.2 Å². The molecule has 0 aliphatic rings. The molecule has 0 aliphatic carbocycles. The zero-order chi connectivity index (χ0) is 21.7. The van der Waals surface area contributed by atoms with Gasteiger partial charge in [-0.3, -0.25) is 9.52 Å². The van der Waals surface area contributed by atoms with Gasteiger partial charge in [0, 0.05) is 28.5 Å². The van der Waals surface area contributed by atoms with Gasteiger partial charge in [0.1, 0.15) is 11.6 Å². The zero-order valence-corrected chi connectivity index (χ0v) is 17.8. The van der Waals surface area contributed by atoms with Crippen molar-refractivity contribution in [3.8, 4) is 0 Å². The van der Waals surface area contributed by atoms with Crippen LogP contribution >= 0.6 is 11.6 Å². The lowest BCUT2D eigenvalue weighted by Gasteiger charge is -2.09. The molecule has 0 radical (unpaired) electrons. The number of carbonyl (C=O) groups excluding carboxylic acids is 1. The van der Waals surface area contributed by atoms with Crippen molar-refractivity contribution in [2.75, 3.05) is 10.0 Å². The van der Waals surface area contributed by atoms with Gasteiger partial charge in [0.25, 0.3) is 10.0 Å². The fraction of sp³-hybridized carbons (Fsp3) is 0.0952. The van der Waals surface area contributed by atoms with E-state index in [0.29, 0.717) is 22.2 Å². The van der Waals surface area contributed by atoms with Gasteiger partial charge >= 0.3 is 0 Å². The average molecular weight is 443 g/mol. The van der Waals surface area contributed by atoms with Crippen LogP contribution in [-0.2, 0) is 14.8 Å². The predicted molar refractivity (Wildman–Crippen MR) is 118 cm³/mol. The van der Waals surface area contributed by atoms with Gasteiger partial charge in [-0.1, -0.05) is 23.7 Å². The fourth-order valence-electron chi connectivity index (χ4n) is 2.65. The Hall–Kier alpha value is -3.23. The number of aryl methyl sites for hydroxylation is 2. The van der Waals surface area contributed by atoms with Crippen LogP contribution in [0.3, 0.4) is 0 Å². The Balaban J connectivity index is 1.67. The van der Waals surface area contributed by atoms with E-state index in [1.165, 1.54) is 30.3 Å². The van der Waals surface area contributed by atoms with Crippen molar-refractivity contribution in [2.45, 2.75) is 18.7 Å². The van der Waals surface area contributed by atoms with E-state index >= 15 is 0 Å². The number of benzene rings is 2. The maximum absolute atomic E-state index is 12.6. The summed E-state index contributed by atoms with van der Waals surface area (Å²) in [6, 6.07) is 14.5. The molecule has 154 valence electrons. The van der Waals surface area contributed by atoms with E-state index in [2.05, 4.69) is 20.0 Å². The van der Waals surface area contributed by atoms with Crippen molar-refractivity contribution in [3.63, 3.8) is 0 Å². The molecule has 1 heterocycles. The molecule has 0 unspecified atom stereocenters. The van der Waals surface area contributed by atoms with Crippen LogP contribution in [0.1, 0.15) is 17.1 Å². The van der Waals surface area contributed by atoms with Crippen molar-refractivity contribution in [1.29, 1.82) is 0 Å². The number of nitrogens with zero attached hydrogens (tertiary/aromatic N) is 2. The van der Waals surface area contributed by atoms with Crippen molar-refractivity contribution >= 4 is 45.1 Å². The SMILES string of the molecule is Cc1cc(NS(=O)(=O)c2ccc(NC(=O)C=Cc3cccc(Cl)c3)cc2)nc(C)n1. The molecular formula is C21H19ClN4O3S. The van der Waals surface area contributed by atoms with Gasteiger partial charge in [-0.15, -0.1) is 0 Å². The smallest absolute Gasteiger partial charge is 0.263 e. The number of nitrogens with one attached hydrogen (secondary N) is 2. The van der Waals surface area contributed by atoms with Crippen LogP contribution in [-0.4, -0.2) is 24.3 Å². The van der Waals surface area contributed by atoms with Crippen molar-refractivity contribution in [2.24, 2.45) is 0 Å². The first-order chi connectivity index (χ1) is 14.2. The largest absolute Gasteiger partial charge is 0.323 e. The molecule has 3 aromatic rings. The van der Waals surface area contributed by atoms with E-state index < -0.39 is 10.0 Å². The summed E-state index contributed by atoms with van der Waals surface area (Å²) in [5.41, 5.74) is 1.91. The maximum Gasteiger partial charge on any atom is 0.263 e. The number of amides is 1. The number of sulfonamides is 1. The molecular weight excluding hydrogens is 424 g/mol. The number of carbonyl (C=O) groups is 1. The van der Waals surface area contributed by atoms with E-state index in [9.17, 15) is 13.2 Å². The first kappa shape index (κ1) is 21.5. The summed E-state index contributed by atoms with van der Waals surface area (Å²) in [5, 5.41) is 3.25. The van der Waals surface area contributed by atoms with E-state index in [4.69, 9.17) is 11.6 Å². The van der Waals surface area contributed by atoms with Gasteiger partial charge in [-0.2, -0.15) is 0 Å². The second kappa shape index (κ2) is 9.06. The summed E-state index contributed by atoms with van der Waals surface area (Å²) < 4.78 is 27.6. The molecule has 0 aliphatic heterocycles. The van der Waals surface area contributed by atoms with E-state index in [0.717, 1.165) is 5.56 Å². The third kappa shape index (κ3) is 5.88. The minimum Gasteiger partial charge on any atom is -0.323 e. The third-order valence-electron chi connectivity index (χ3n) is 3.91. The molecule has 0 spiro atoms. The molecule has 0 saturated carbocycles. The Morgan fingerprint density at radius 2 is 1.77 bits per heavy atom. The Labute approximate surface area is 179 Å². The van der Waals surface area contributed by atoms with Crippen molar-refractivity contribution in [1.82, 2.24) is 9.97 Å². The van der Waals surface area contributed by atoms with Gasteiger partial charge in [-0.05, 0) is 61.9 Å². The number of hydrogen-bond acceptors (Lipinski definition) is 5. The number of halogens is 1. The monoisotopic (exact) mass is 442 g/mol. The first-order valence-electron chi connectivity index (χ1n) is 8.91. The van der Waals surface area contributed by atoms with Crippen LogP contribution in [0, 0.1) is 13.8 Å². The highest BCUT2D eigenvalue weighted by atomic mass is 35.5. The van der Waals surface area contributed by atoms with Crippen LogP contribution in [0.2, 0.25) is 5.02 Å². The van der Waals surface area contributed by atoms with Gasteiger partial charge in [0.15, 0.2) is 0 Å². The molecule has 9 heteroatoms. The summed E-state index contributed by atoms with van der Waals surface area (Å²) in [6.07, 6.45) is 3.01. The number of hydrogen-bond donors (Lipinski definition) is 2. The average Bonchev–Trinajstić information content (AvgIpc) is 2.66. The van der Waals surface area contributed by atoms with Crippen LogP contribution < -0.4 is 10.0 Å². The molecule has 7 nitrogen and oxygen atoms in total. The quantitative estimate of drug-likeness (QED) is 0.557. The van der Waals surface area contributed by atoms with Gasteiger partial charge in [-0.25, -0.2) is 18.4 Å². The van der Waals surface area contributed by atoms with Crippen LogP contribution in [0.4, 0.5) is 11.5 Å². The van der Waals surface area contributed by atoms with Crippen LogP contribution in [0.25, 0.3) is 6.08 Å². The van der Waals surface area contributed by atoms with Gasteiger partial charge < -0.3 is 5.32 Å². The number of rotatable bonds is 6. The summed E-state index contributed by atoms with van der Waals surface area (Å²) >= 11 is 5.91. The second-order valence-electron chi connectivity index (χ2n) is 6.45. The van der Waals surface area contributed by atoms with E-state index in [1.54, 1.807) is 44.2 Å². The highest BCUT2D eigenvalue weighted by Crippen LogP contribution is 2.18. The molecule has 0 bridgehead atoms. The minimum atomic E-state index is -3.82. The van der Waals surface area contributed by atoms with Gasteiger partial charge in [0.2, 0.25) is 5.91 Å². The molecule has 0 atom stereocenters. The fourth-order valence-corrected chi connectivity index (χ4v) is 3.84. The highest BCUT2D eigenvalue weighted by Gasteiger charge is 2.15. The molecule has 1 aromatic heterocycles. The summed E-state index contributed by atoms with van der Waals surface area (Å²) in [7, 11) is -3.82. The molecule has 0 saturated heterocycles. The Bertz CT molecular complexity index is 1190. The maximum atomic E-state index is 12.6. The van der Waals surface area contributed by atoms with Crippen molar-refractivity contribution in [3.05, 3.63) is 82.8 Å². The third-order valence-corrected chi connectivity index (χ3v) is 5.52. The number of aromatic nitrogens is 2. The summed E-state index contributed by atoms with van der Waals surface area (Å²) in [5.74, 6) is 0.316. The summed E-state index contributed by atoms with van der Waals surface area (Å²) in [6.45, 7) is 3.44. The Morgan fingerprint density at radius 3 is 2.43 bits per heavy atom. The topological polar surface area (TPSA) is 101 Å². The molecule has 2 N–H and O–H groups in total. The Kier molecular flexibility index (Phi) is 6.49. The molecule has 3 rings (SSSR count). The standard InChI is InChI=1S/C21H19ClN4O3S/c1-14-12-20(24-15(2)23-14)26-30(28,29)19-9-7-18(8-10-19)25-21(27)11-6-16-4-3-5-17(22)13-16/h3-13H,1-2H3,(H,25,27)(H,23,24,26). The second-order valence-corrected chi connectivity index (χ2v) is 8.57. The normalized spacial score (nSPS) is 11.4. The Morgan fingerprint density at radius 1 is 1.03 bits per heavy atom. The van der Waals surface area contributed by atoms with Crippen LogP contribution in [0.5, 0.6) is 0 Å². The van der Waals surface area contributed by atoms with E-state index in [-0.39, 0.29) is 16.6 Å². The molecule has 0 fully saturated rings.